The number of amides is 1. The predicted octanol–water partition coefficient (Wildman–Crippen LogP) is 2.47. The minimum absolute atomic E-state index is 0.0915. The number of carbonyl (C=O) groups excluding carboxylic acids is 1. The van der Waals surface area contributed by atoms with Crippen LogP contribution in [0.1, 0.15) is 55.4 Å². The van der Waals surface area contributed by atoms with Crippen LogP contribution >= 0.6 is 0 Å². The number of aromatic nitrogens is 3. The number of rotatable bonds is 4. The van der Waals surface area contributed by atoms with Gasteiger partial charge in [0.05, 0.1) is 29.2 Å². The fraction of sp³-hybridized carbons (Fsp3) is 0.619. The lowest BCUT2D eigenvalue weighted by Gasteiger charge is -2.39. The van der Waals surface area contributed by atoms with Crippen LogP contribution in [-0.2, 0) is 14.8 Å². The second kappa shape index (κ2) is 8.66. The van der Waals surface area contributed by atoms with E-state index >= 15 is 0 Å². The monoisotopic (exact) mass is 447 g/mol. The zero-order valence-corrected chi connectivity index (χ0v) is 19.1. The number of sulfonamides is 1. The molecule has 0 saturated carbocycles. The van der Waals surface area contributed by atoms with E-state index in [-0.39, 0.29) is 17.9 Å². The Kier molecular flexibility index (Phi) is 6.11. The highest BCUT2D eigenvalue weighted by Gasteiger charge is 2.37. The second-order valence-corrected chi connectivity index (χ2v) is 10.5. The lowest BCUT2D eigenvalue weighted by Crippen LogP contribution is -2.46. The van der Waals surface area contributed by atoms with Crippen LogP contribution in [0.25, 0.3) is 11.3 Å². The van der Waals surface area contributed by atoms with E-state index in [0.29, 0.717) is 44.1 Å². The standard InChI is InChI=1S/C21H29N5O4S/c1-14-12-19(30-24-14)17-13-22-15(2)23-20(17)18-6-4-5-9-26(18)21(27)16-7-10-25(11-8-16)31(3,28)29/h12-13,16,18H,4-11H2,1-3H3/t18-/m0/s1. The van der Waals surface area contributed by atoms with E-state index in [2.05, 4.69) is 10.1 Å². The molecule has 1 atom stereocenters. The molecule has 0 N–H and O–H groups in total. The van der Waals surface area contributed by atoms with Crippen molar-refractivity contribution in [3.8, 4) is 11.3 Å². The maximum absolute atomic E-state index is 13.5. The highest BCUT2D eigenvalue weighted by atomic mass is 32.2. The molecule has 0 aromatic carbocycles. The van der Waals surface area contributed by atoms with Gasteiger partial charge in [0, 0.05) is 37.8 Å². The van der Waals surface area contributed by atoms with Gasteiger partial charge in [0.1, 0.15) is 5.82 Å². The molecular weight excluding hydrogens is 418 g/mol. The molecule has 2 aliphatic heterocycles. The number of piperidine rings is 2. The summed E-state index contributed by atoms with van der Waals surface area (Å²) in [4.78, 5) is 24.5. The van der Waals surface area contributed by atoms with Crippen LogP contribution in [0, 0.1) is 19.8 Å². The average molecular weight is 448 g/mol. The molecule has 168 valence electrons. The topological polar surface area (TPSA) is 110 Å². The Labute approximate surface area is 182 Å². The van der Waals surface area contributed by atoms with Gasteiger partial charge in [0.15, 0.2) is 5.76 Å². The number of nitrogens with zero attached hydrogens (tertiary/aromatic N) is 5. The quantitative estimate of drug-likeness (QED) is 0.708. The summed E-state index contributed by atoms with van der Waals surface area (Å²) in [5.41, 5.74) is 2.34. The number of likely N-dealkylation sites (tertiary alicyclic amines) is 1. The maximum atomic E-state index is 13.5. The summed E-state index contributed by atoms with van der Waals surface area (Å²) in [5, 5.41) is 3.99. The average Bonchev–Trinajstić information content (AvgIpc) is 3.18. The molecule has 4 rings (SSSR count). The third kappa shape index (κ3) is 4.64. The van der Waals surface area contributed by atoms with E-state index in [1.54, 1.807) is 6.20 Å². The summed E-state index contributed by atoms with van der Waals surface area (Å²) < 4.78 is 30.6. The van der Waals surface area contributed by atoms with E-state index in [1.165, 1.54) is 10.6 Å². The summed E-state index contributed by atoms with van der Waals surface area (Å²) in [6.45, 7) is 5.16. The van der Waals surface area contributed by atoms with Crippen LogP contribution in [0.3, 0.4) is 0 Å². The van der Waals surface area contributed by atoms with E-state index in [9.17, 15) is 13.2 Å². The minimum atomic E-state index is -3.22. The van der Waals surface area contributed by atoms with Crippen molar-refractivity contribution in [3.63, 3.8) is 0 Å². The molecule has 31 heavy (non-hydrogen) atoms. The van der Waals surface area contributed by atoms with Gasteiger partial charge in [-0.05, 0) is 46.0 Å². The van der Waals surface area contributed by atoms with Gasteiger partial charge in [0.2, 0.25) is 15.9 Å². The fourth-order valence-corrected chi connectivity index (χ4v) is 5.44. The van der Waals surface area contributed by atoms with Crippen LogP contribution in [0.15, 0.2) is 16.8 Å². The first-order valence-electron chi connectivity index (χ1n) is 10.8. The van der Waals surface area contributed by atoms with Crippen molar-refractivity contribution < 1.29 is 17.7 Å². The Morgan fingerprint density at radius 2 is 1.87 bits per heavy atom. The van der Waals surface area contributed by atoms with Crippen LogP contribution < -0.4 is 0 Å². The van der Waals surface area contributed by atoms with E-state index in [1.807, 2.05) is 24.8 Å². The van der Waals surface area contributed by atoms with Crippen molar-refractivity contribution in [3.05, 3.63) is 29.5 Å². The second-order valence-electron chi connectivity index (χ2n) is 8.53. The van der Waals surface area contributed by atoms with Crippen LogP contribution in [0.2, 0.25) is 0 Å². The molecule has 0 bridgehead atoms. The zero-order chi connectivity index (χ0) is 22.2. The normalized spacial score (nSPS) is 21.4. The van der Waals surface area contributed by atoms with Crippen molar-refractivity contribution in [2.45, 2.75) is 52.0 Å². The molecule has 2 aliphatic rings. The Morgan fingerprint density at radius 3 is 2.52 bits per heavy atom. The van der Waals surface area contributed by atoms with Crippen LogP contribution in [-0.4, -0.2) is 64.5 Å². The molecule has 0 unspecified atom stereocenters. The molecule has 2 aromatic heterocycles. The third-order valence-corrected chi connectivity index (χ3v) is 7.51. The molecule has 2 aromatic rings. The lowest BCUT2D eigenvalue weighted by molar-refractivity contribution is -0.140. The van der Waals surface area contributed by atoms with Crippen molar-refractivity contribution in [1.29, 1.82) is 0 Å². The predicted molar refractivity (Wildman–Crippen MR) is 114 cm³/mol. The Hall–Kier alpha value is -2.33. The van der Waals surface area contributed by atoms with Gasteiger partial charge < -0.3 is 9.42 Å². The number of carbonyl (C=O) groups is 1. The lowest BCUT2D eigenvalue weighted by atomic mass is 9.91. The van der Waals surface area contributed by atoms with Crippen molar-refractivity contribution in [1.82, 2.24) is 24.3 Å². The molecule has 0 radical (unpaired) electrons. The van der Waals surface area contributed by atoms with Crippen molar-refractivity contribution >= 4 is 15.9 Å². The highest BCUT2D eigenvalue weighted by molar-refractivity contribution is 7.88. The maximum Gasteiger partial charge on any atom is 0.226 e. The van der Waals surface area contributed by atoms with Crippen molar-refractivity contribution in [2.75, 3.05) is 25.9 Å². The molecule has 10 heteroatoms. The first-order valence-corrected chi connectivity index (χ1v) is 12.6. The highest BCUT2D eigenvalue weighted by Crippen LogP contribution is 2.37. The summed E-state index contributed by atoms with van der Waals surface area (Å²) in [6.07, 6.45) is 6.85. The largest absolute Gasteiger partial charge is 0.356 e. The molecule has 1 amide bonds. The molecule has 2 saturated heterocycles. The summed E-state index contributed by atoms with van der Waals surface area (Å²) in [5.74, 6) is 1.17. The third-order valence-electron chi connectivity index (χ3n) is 6.21. The van der Waals surface area contributed by atoms with Gasteiger partial charge in [-0.3, -0.25) is 4.79 Å². The fourth-order valence-electron chi connectivity index (χ4n) is 4.57. The van der Waals surface area contributed by atoms with Crippen LogP contribution in [0.4, 0.5) is 0 Å². The van der Waals surface area contributed by atoms with E-state index < -0.39 is 10.0 Å². The first kappa shape index (κ1) is 21.9. The molecular formula is C21H29N5O4S. The van der Waals surface area contributed by atoms with Gasteiger partial charge in [-0.2, -0.15) is 0 Å². The van der Waals surface area contributed by atoms with Gasteiger partial charge in [-0.15, -0.1) is 0 Å². The molecule has 9 nitrogen and oxygen atoms in total. The minimum Gasteiger partial charge on any atom is -0.356 e. The Morgan fingerprint density at radius 1 is 1.13 bits per heavy atom. The van der Waals surface area contributed by atoms with E-state index in [0.717, 1.165) is 36.2 Å². The molecule has 0 spiro atoms. The summed E-state index contributed by atoms with van der Waals surface area (Å²) >= 11 is 0. The number of aryl methyl sites for hydroxylation is 2. The van der Waals surface area contributed by atoms with Gasteiger partial charge >= 0.3 is 0 Å². The van der Waals surface area contributed by atoms with Gasteiger partial charge in [-0.25, -0.2) is 22.7 Å². The number of hydrogen-bond donors (Lipinski definition) is 0. The SMILES string of the molecule is Cc1cc(-c2cnc(C)nc2[C@@H]2CCCCN2C(=O)C2CCN(S(C)(=O)=O)CC2)on1. The first-order chi connectivity index (χ1) is 14.7. The number of hydrogen-bond acceptors (Lipinski definition) is 7. The molecule has 2 fully saturated rings. The van der Waals surface area contributed by atoms with Gasteiger partial charge in [0.25, 0.3) is 0 Å². The Bertz CT molecular complexity index is 1060. The molecule has 4 heterocycles. The van der Waals surface area contributed by atoms with Crippen molar-refractivity contribution in [2.24, 2.45) is 5.92 Å². The molecule has 0 aliphatic carbocycles. The summed E-state index contributed by atoms with van der Waals surface area (Å²) in [7, 11) is -3.22. The zero-order valence-electron chi connectivity index (χ0n) is 18.2. The van der Waals surface area contributed by atoms with Gasteiger partial charge in [-0.1, -0.05) is 5.16 Å². The Balaban J connectivity index is 1.60. The smallest absolute Gasteiger partial charge is 0.226 e. The summed E-state index contributed by atoms with van der Waals surface area (Å²) in [6, 6.07) is 1.70. The van der Waals surface area contributed by atoms with Crippen LogP contribution in [0.5, 0.6) is 0 Å². The van der Waals surface area contributed by atoms with E-state index in [4.69, 9.17) is 9.51 Å².